The molecule has 0 radical (unpaired) electrons. The molecule has 0 saturated heterocycles. The van der Waals surface area contributed by atoms with Gasteiger partial charge in [0.25, 0.3) is 0 Å². The van der Waals surface area contributed by atoms with Crippen molar-refractivity contribution >= 4 is 6.29 Å². The number of aldehydes is 1. The lowest BCUT2D eigenvalue weighted by molar-refractivity contribution is 0.112. The Balaban J connectivity index is 1.52. The standard InChI is InChI=1S/C22H19FO2/c23-21-3-1-2-20(14-21)16-25-22-12-10-18(11-13-22)5-4-17-6-8-19(15-24)9-7-17/h1-3,6-15H,4-5,16H2. The van der Waals surface area contributed by atoms with E-state index in [1.807, 2.05) is 54.6 Å². The zero-order valence-corrected chi connectivity index (χ0v) is 13.8. The molecule has 3 rings (SSSR count). The third-order valence-electron chi connectivity index (χ3n) is 4.04. The van der Waals surface area contributed by atoms with Gasteiger partial charge in [0.1, 0.15) is 24.5 Å². The van der Waals surface area contributed by atoms with E-state index in [9.17, 15) is 9.18 Å². The van der Waals surface area contributed by atoms with E-state index in [-0.39, 0.29) is 5.82 Å². The van der Waals surface area contributed by atoms with Crippen molar-refractivity contribution in [1.29, 1.82) is 0 Å². The topological polar surface area (TPSA) is 26.3 Å². The van der Waals surface area contributed by atoms with E-state index < -0.39 is 0 Å². The number of hydrogen-bond donors (Lipinski definition) is 0. The average Bonchev–Trinajstić information content (AvgIpc) is 2.66. The summed E-state index contributed by atoms with van der Waals surface area (Å²) < 4.78 is 18.8. The summed E-state index contributed by atoms with van der Waals surface area (Å²) in [5, 5.41) is 0. The second-order valence-corrected chi connectivity index (χ2v) is 5.92. The van der Waals surface area contributed by atoms with Crippen molar-refractivity contribution in [3.05, 3.63) is 101 Å². The van der Waals surface area contributed by atoms with Crippen LogP contribution in [-0.4, -0.2) is 6.29 Å². The SMILES string of the molecule is O=Cc1ccc(CCc2ccc(OCc3cccc(F)c3)cc2)cc1. The molecule has 0 bridgehead atoms. The molecule has 3 aromatic carbocycles. The third-order valence-corrected chi connectivity index (χ3v) is 4.04. The van der Waals surface area contributed by atoms with Crippen molar-refractivity contribution in [2.45, 2.75) is 19.4 Å². The Morgan fingerprint density at radius 3 is 2.04 bits per heavy atom. The Morgan fingerprint density at radius 2 is 1.44 bits per heavy atom. The Morgan fingerprint density at radius 1 is 0.800 bits per heavy atom. The second-order valence-electron chi connectivity index (χ2n) is 5.92. The van der Waals surface area contributed by atoms with Gasteiger partial charge in [0.15, 0.2) is 0 Å². The first kappa shape index (κ1) is 16.9. The minimum absolute atomic E-state index is 0.252. The fraction of sp³-hybridized carbons (Fsp3) is 0.136. The smallest absolute Gasteiger partial charge is 0.150 e. The van der Waals surface area contributed by atoms with E-state index in [0.717, 1.165) is 30.4 Å². The molecule has 0 amide bonds. The van der Waals surface area contributed by atoms with E-state index >= 15 is 0 Å². The molecule has 0 aliphatic carbocycles. The molecule has 0 aliphatic heterocycles. The van der Waals surface area contributed by atoms with Crippen molar-refractivity contribution in [2.24, 2.45) is 0 Å². The zero-order valence-electron chi connectivity index (χ0n) is 13.8. The largest absolute Gasteiger partial charge is 0.489 e. The molecule has 0 spiro atoms. The number of rotatable bonds is 7. The summed E-state index contributed by atoms with van der Waals surface area (Å²) >= 11 is 0. The Kier molecular flexibility index (Phi) is 5.57. The molecule has 0 atom stereocenters. The van der Waals surface area contributed by atoms with Crippen LogP contribution in [0.15, 0.2) is 72.8 Å². The fourth-order valence-corrected chi connectivity index (χ4v) is 2.60. The van der Waals surface area contributed by atoms with Gasteiger partial charge in [0, 0.05) is 5.56 Å². The van der Waals surface area contributed by atoms with Gasteiger partial charge in [0.2, 0.25) is 0 Å². The molecule has 0 aromatic heterocycles. The van der Waals surface area contributed by atoms with Crippen LogP contribution in [0.3, 0.4) is 0 Å². The first-order valence-corrected chi connectivity index (χ1v) is 8.23. The van der Waals surface area contributed by atoms with E-state index in [2.05, 4.69) is 0 Å². The normalized spacial score (nSPS) is 10.4. The molecule has 0 N–H and O–H groups in total. The molecular weight excluding hydrogens is 315 g/mol. The van der Waals surface area contributed by atoms with Crippen LogP contribution in [0.1, 0.15) is 27.0 Å². The van der Waals surface area contributed by atoms with Gasteiger partial charge in [-0.15, -0.1) is 0 Å². The highest BCUT2D eigenvalue weighted by molar-refractivity contribution is 5.74. The number of carbonyl (C=O) groups excluding carboxylic acids is 1. The van der Waals surface area contributed by atoms with Crippen molar-refractivity contribution < 1.29 is 13.9 Å². The van der Waals surface area contributed by atoms with Crippen LogP contribution < -0.4 is 4.74 Å². The minimum atomic E-state index is -0.252. The monoisotopic (exact) mass is 334 g/mol. The summed E-state index contributed by atoms with van der Waals surface area (Å²) in [5.41, 5.74) is 3.93. The van der Waals surface area contributed by atoms with E-state index in [1.165, 1.54) is 23.3 Å². The Hall–Kier alpha value is -2.94. The summed E-state index contributed by atoms with van der Waals surface area (Å²) in [4.78, 5) is 10.7. The quantitative estimate of drug-likeness (QED) is 0.568. The van der Waals surface area contributed by atoms with Crippen LogP contribution in [-0.2, 0) is 19.4 Å². The summed E-state index contributed by atoms with van der Waals surface area (Å²) in [7, 11) is 0. The van der Waals surface area contributed by atoms with E-state index in [4.69, 9.17) is 4.74 Å². The molecule has 0 heterocycles. The predicted molar refractivity (Wildman–Crippen MR) is 96.4 cm³/mol. The first-order valence-electron chi connectivity index (χ1n) is 8.23. The van der Waals surface area contributed by atoms with Crippen LogP contribution in [0.25, 0.3) is 0 Å². The summed E-state index contributed by atoms with van der Waals surface area (Å²) in [6.07, 6.45) is 2.69. The van der Waals surface area contributed by atoms with Gasteiger partial charge in [-0.3, -0.25) is 4.79 Å². The molecule has 0 fully saturated rings. The van der Waals surface area contributed by atoms with Crippen molar-refractivity contribution in [3.8, 4) is 5.75 Å². The van der Waals surface area contributed by atoms with Crippen molar-refractivity contribution in [2.75, 3.05) is 0 Å². The van der Waals surface area contributed by atoms with Gasteiger partial charge in [-0.05, 0) is 53.8 Å². The highest BCUT2D eigenvalue weighted by Crippen LogP contribution is 2.16. The minimum Gasteiger partial charge on any atom is -0.489 e. The van der Waals surface area contributed by atoms with Gasteiger partial charge in [0.05, 0.1) is 0 Å². The average molecular weight is 334 g/mol. The Bertz CT molecular complexity index is 823. The number of hydrogen-bond acceptors (Lipinski definition) is 2. The number of halogens is 1. The number of aryl methyl sites for hydroxylation is 2. The second kappa shape index (κ2) is 8.25. The maximum absolute atomic E-state index is 13.1. The van der Waals surface area contributed by atoms with Gasteiger partial charge in [-0.1, -0.05) is 48.5 Å². The lowest BCUT2D eigenvalue weighted by atomic mass is 10.0. The molecule has 0 saturated carbocycles. The maximum Gasteiger partial charge on any atom is 0.150 e. The van der Waals surface area contributed by atoms with Crippen LogP contribution >= 0.6 is 0 Å². The van der Waals surface area contributed by atoms with Crippen LogP contribution in [0.2, 0.25) is 0 Å². The maximum atomic E-state index is 13.1. The van der Waals surface area contributed by atoms with Crippen LogP contribution in [0, 0.1) is 5.82 Å². The summed E-state index contributed by atoms with van der Waals surface area (Å²) in [6, 6.07) is 22.0. The molecule has 25 heavy (non-hydrogen) atoms. The van der Waals surface area contributed by atoms with Gasteiger partial charge in [-0.2, -0.15) is 0 Å². The zero-order chi connectivity index (χ0) is 17.5. The molecule has 126 valence electrons. The lowest BCUT2D eigenvalue weighted by Gasteiger charge is -2.08. The number of ether oxygens (including phenoxy) is 1. The molecule has 0 aliphatic rings. The number of carbonyl (C=O) groups is 1. The highest BCUT2D eigenvalue weighted by atomic mass is 19.1. The molecule has 0 unspecified atom stereocenters. The van der Waals surface area contributed by atoms with E-state index in [1.54, 1.807) is 6.07 Å². The summed E-state index contributed by atoms with van der Waals surface area (Å²) in [6.45, 7) is 0.347. The van der Waals surface area contributed by atoms with Crippen LogP contribution in [0.5, 0.6) is 5.75 Å². The van der Waals surface area contributed by atoms with Gasteiger partial charge in [-0.25, -0.2) is 4.39 Å². The highest BCUT2D eigenvalue weighted by Gasteiger charge is 2.00. The number of benzene rings is 3. The summed E-state index contributed by atoms with van der Waals surface area (Å²) in [5.74, 6) is 0.515. The predicted octanol–water partition coefficient (Wildman–Crippen LogP) is 5.00. The molecular formula is C22H19FO2. The molecule has 3 aromatic rings. The van der Waals surface area contributed by atoms with Gasteiger partial charge >= 0.3 is 0 Å². The molecule has 2 nitrogen and oxygen atoms in total. The van der Waals surface area contributed by atoms with Crippen LogP contribution in [0.4, 0.5) is 4.39 Å². The van der Waals surface area contributed by atoms with Crippen molar-refractivity contribution in [1.82, 2.24) is 0 Å². The Labute approximate surface area is 146 Å². The van der Waals surface area contributed by atoms with Crippen molar-refractivity contribution in [3.63, 3.8) is 0 Å². The van der Waals surface area contributed by atoms with Gasteiger partial charge < -0.3 is 4.74 Å². The fourth-order valence-electron chi connectivity index (χ4n) is 2.60. The third kappa shape index (κ3) is 5.01. The first-order chi connectivity index (χ1) is 12.2. The lowest BCUT2D eigenvalue weighted by Crippen LogP contribution is -1.96. The molecule has 3 heteroatoms. The van der Waals surface area contributed by atoms with E-state index in [0.29, 0.717) is 12.2 Å².